The summed E-state index contributed by atoms with van der Waals surface area (Å²) in [5.74, 6) is 2.65. The van der Waals surface area contributed by atoms with Crippen LogP contribution in [0.15, 0.2) is 54.4 Å². The van der Waals surface area contributed by atoms with Gasteiger partial charge in [0.2, 0.25) is 0 Å². The zero-order valence-corrected chi connectivity index (χ0v) is 28.9. The number of ketones is 1. The maximum Gasteiger partial charge on any atom is 0.162 e. The fraction of sp³-hybridized carbons (Fsp3) is 0.550. The zero-order valence-electron chi connectivity index (χ0n) is 26.5. The maximum absolute atomic E-state index is 11.8. The molecule has 0 aliphatic heterocycles. The number of benzene rings is 2. The van der Waals surface area contributed by atoms with E-state index in [1.165, 1.54) is 97.7 Å². The van der Waals surface area contributed by atoms with Crippen molar-refractivity contribution < 1.29 is 30.0 Å². The average Bonchev–Trinajstić information content (AvgIpc) is 3.73. The fourth-order valence-electron chi connectivity index (χ4n) is 7.68. The van der Waals surface area contributed by atoms with Crippen molar-refractivity contribution in [1.82, 2.24) is 4.98 Å². The predicted octanol–water partition coefficient (Wildman–Crippen LogP) is 11.4. The SMILES string of the molecule is C.CCCC1CCC(c2ccc3ccnc(-c4[c-]c(C)cc(C)c4)c3c2)CC1.O=C(C=C(O)C1CCCC1)C1CCCC1.[Ir]. The van der Waals surface area contributed by atoms with Gasteiger partial charge in [-0.1, -0.05) is 84.9 Å². The molecule has 1 N–H and O–H groups in total. The number of carbonyl (C=O) groups excluding carboxylic acids is 1. The fourth-order valence-corrected chi connectivity index (χ4v) is 7.68. The Bertz CT molecular complexity index is 1360. The first-order valence-electron chi connectivity index (χ1n) is 16.7. The van der Waals surface area contributed by atoms with Gasteiger partial charge in [0.1, 0.15) is 0 Å². The Balaban J connectivity index is 0.000000266. The minimum atomic E-state index is 0. The topological polar surface area (TPSA) is 50.2 Å². The minimum Gasteiger partial charge on any atom is -0.512 e. The molecule has 3 saturated carbocycles. The summed E-state index contributed by atoms with van der Waals surface area (Å²) < 4.78 is 0. The molecule has 3 aliphatic rings. The van der Waals surface area contributed by atoms with Crippen molar-refractivity contribution in [2.45, 2.75) is 124 Å². The number of rotatable bonds is 7. The van der Waals surface area contributed by atoms with Gasteiger partial charge in [-0.05, 0) is 91.3 Å². The van der Waals surface area contributed by atoms with Crippen molar-refractivity contribution in [3.05, 3.63) is 77.2 Å². The van der Waals surface area contributed by atoms with Crippen molar-refractivity contribution in [3.8, 4) is 11.3 Å². The molecule has 6 rings (SSSR count). The number of fused-ring (bicyclic) bond motifs is 1. The summed E-state index contributed by atoms with van der Waals surface area (Å²) in [6.07, 6.45) is 20.5. The van der Waals surface area contributed by atoms with Crippen LogP contribution in [0.4, 0.5) is 0 Å². The zero-order chi connectivity index (χ0) is 29.5. The van der Waals surface area contributed by atoms with Crippen LogP contribution in [0.2, 0.25) is 0 Å². The smallest absolute Gasteiger partial charge is 0.162 e. The van der Waals surface area contributed by atoms with E-state index in [1.807, 2.05) is 6.20 Å². The molecule has 1 heterocycles. The standard InChI is InChI=1S/C26H30N.C13H20O2.CH4.Ir/c1-4-5-20-6-8-21(9-7-20)23-11-10-22-12-13-27-26(25(22)17-23)24-15-18(2)14-19(3)16-24;14-12(10-5-1-2-6-10)9-13(15)11-7-3-4-8-11;;/h10-15,17,20-21H,4-9H2,1-3H3;9-11,14H,1-8H2;1H4;/q-1;;;. The summed E-state index contributed by atoms with van der Waals surface area (Å²) in [5.41, 5.74) is 6.12. The molecule has 44 heavy (non-hydrogen) atoms. The Labute approximate surface area is 280 Å². The van der Waals surface area contributed by atoms with Gasteiger partial charge < -0.3 is 10.1 Å². The number of pyridine rings is 1. The van der Waals surface area contributed by atoms with Gasteiger partial charge >= 0.3 is 0 Å². The molecule has 0 amide bonds. The second kappa shape index (κ2) is 17.4. The van der Waals surface area contributed by atoms with Gasteiger partial charge in [0.05, 0.1) is 5.76 Å². The van der Waals surface area contributed by atoms with E-state index in [-0.39, 0.29) is 45.2 Å². The van der Waals surface area contributed by atoms with Crippen LogP contribution in [0.1, 0.15) is 127 Å². The molecule has 3 aliphatic carbocycles. The van der Waals surface area contributed by atoms with E-state index < -0.39 is 0 Å². The van der Waals surface area contributed by atoms with E-state index in [1.54, 1.807) is 0 Å². The van der Waals surface area contributed by atoms with E-state index in [9.17, 15) is 9.90 Å². The Morgan fingerprint density at radius 3 is 2.20 bits per heavy atom. The molecule has 2 aromatic carbocycles. The van der Waals surface area contributed by atoms with Gasteiger partial charge in [-0.25, -0.2) is 0 Å². The van der Waals surface area contributed by atoms with Gasteiger partial charge in [0.25, 0.3) is 0 Å². The molecule has 0 unspecified atom stereocenters. The van der Waals surface area contributed by atoms with Crippen molar-refractivity contribution in [2.75, 3.05) is 0 Å². The van der Waals surface area contributed by atoms with Crippen molar-refractivity contribution in [3.63, 3.8) is 0 Å². The molecule has 1 aromatic heterocycles. The summed E-state index contributed by atoms with van der Waals surface area (Å²) in [5, 5.41) is 12.4. The largest absolute Gasteiger partial charge is 0.512 e. The van der Waals surface area contributed by atoms with Crippen LogP contribution < -0.4 is 0 Å². The molecule has 0 spiro atoms. The van der Waals surface area contributed by atoms with Crippen LogP contribution in [-0.4, -0.2) is 15.9 Å². The van der Waals surface area contributed by atoms with E-state index in [0.717, 1.165) is 42.9 Å². The van der Waals surface area contributed by atoms with E-state index in [2.05, 4.69) is 63.2 Å². The first-order chi connectivity index (χ1) is 20.4. The van der Waals surface area contributed by atoms with Crippen LogP contribution in [0, 0.1) is 37.7 Å². The molecular formula is C40H54IrNO2-. The molecule has 3 fully saturated rings. The van der Waals surface area contributed by atoms with Gasteiger partial charge in [-0.15, -0.1) is 34.9 Å². The molecule has 241 valence electrons. The molecule has 0 saturated heterocycles. The summed E-state index contributed by atoms with van der Waals surface area (Å²) in [7, 11) is 0. The molecule has 1 radical (unpaired) electrons. The number of hydrogen-bond acceptors (Lipinski definition) is 3. The molecule has 4 heteroatoms. The van der Waals surface area contributed by atoms with Crippen LogP contribution in [-0.2, 0) is 24.9 Å². The van der Waals surface area contributed by atoms with Crippen molar-refractivity contribution in [1.29, 1.82) is 0 Å². The number of aliphatic hydroxyl groups excluding tert-OH is 1. The molecule has 0 bridgehead atoms. The third-order valence-corrected chi connectivity index (χ3v) is 10.0. The van der Waals surface area contributed by atoms with Gasteiger partial charge in [0.15, 0.2) is 5.78 Å². The van der Waals surface area contributed by atoms with Crippen LogP contribution >= 0.6 is 0 Å². The van der Waals surface area contributed by atoms with Gasteiger partial charge in [-0.2, -0.15) is 0 Å². The monoisotopic (exact) mass is 773 g/mol. The van der Waals surface area contributed by atoms with Gasteiger partial charge in [0, 0.05) is 44.2 Å². The minimum absolute atomic E-state index is 0. The average molecular weight is 773 g/mol. The molecule has 0 atom stereocenters. The van der Waals surface area contributed by atoms with Crippen LogP contribution in [0.25, 0.3) is 22.0 Å². The summed E-state index contributed by atoms with van der Waals surface area (Å²) >= 11 is 0. The summed E-state index contributed by atoms with van der Waals surface area (Å²) in [6, 6.07) is 17.1. The first-order valence-corrected chi connectivity index (χ1v) is 16.7. The number of aliphatic hydroxyl groups is 1. The summed E-state index contributed by atoms with van der Waals surface area (Å²) in [6.45, 7) is 6.57. The number of aryl methyl sites for hydroxylation is 2. The third kappa shape index (κ3) is 9.36. The second-order valence-electron chi connectivity index (χ2n) is 13.3. The maximum atomic E-state index is 11.8. The van der Waals surface area contributed by atoms with Crippen LogP contribution in [0.3, 0.4) is 0 Å². The predicted molar refractivity (Wildman–Crippen MR) is 181 cm³/mol. The molecule has 3 nitrogen and oxygen atoms in total. The number of nitrogens with zero attached hydrogens (tertiary/aromatic N) is 1. The second-order valence-corrected chi connectivity index (χ2v) is 13.3. The van der Waals surface area contributed by atoms with Gasteiger partial charge in [-0.3, -0.25) is 4.79 Å². The molecular weight excluding hydrogens is 719 g/mol. The first kappa shape index (κ1) is 36.2. The normalized spacial score (nSPS) is 20.8. The Kier molecular flexibility index (Phi) is 14.3. The third-order valence-electron chi connectivity index (χ3n) is 10.0. The van der Waals surface area contributed by atoms with Crippen LogP contribution in [0.5, 0.6) is 0 Å². The Morgan fingerprint density at radius 1 is 0.909 bits per heavy atom. The Hall–Kier alpha value is -2.29. The molecule has 3 aromatic rings. The number of aromatic nitrogens is 1. The Morgan fingerprint density at radius 2 is 1.57 bits per heavy atom. The van der Waals surface area contributed by atoms with Crippen molar-refractivity contribution >= 4 is 16.6 Å². The van der Waals surface area contributed by atoms with E-state index >= 15 is 0 Å². The van der Waals surface area contributed by atoms with Crippen molar-refractivity contribution in [2.24, 2.45) is 17.8 Å². The number of allylic oxidation sites excluding steroid dienone is 2. The number of carbonyl (C=O) groups is 1. The number of hydrogen-bond donors (Lipinski definition) is 1. The summed E-state index contributed by atoms with van der Waals surface area (Å²) in [4.78, 5) is 16.5. The van der Waals surface area contributed by atoms with E-state index in [4.69, 9.17) is 4.98 Å². The van der Waals surface area contributed by atoms with E-state index in [0.29, 0.717) is 11.7 Å². The quantitative estimate of drug-likeness (QED) is 0.148.